The lowest BCUT2D eigenvalue weighted by atomic mass is 10.1. The number of amides is 1. The van der Waals surface area contributed by atoms with Crippen molar-refractivity contribution in [3.8, 4) is 17.1 Å². The van der Waals surface area contributed by atoms with E-state index in [9.17, 15) is 9.90 Å². The fraction of sp³-hybridized carbons (Fsp3) is 0.500. The molecule has 7 rings (SSSR count). The Kier molecular flexibility index (Phi) is 7.62. The molecule has 0 unspecified atom stereocenters. The number of nitrogens with one attached hydrogen (secondary N) is 1. The van der Waals surface area contributed by atoms with Gasteiger partial charge in [-0.2, -0.15) is 4.98 Å². The average molecular weight is 586 g/mol. The number of piperidine rings is 1. The van der Waals surface area contributed by atoms with Crippen LogP contribution in [-0.2, 0) is 9.53 Å². The van der Waals surface area contributed by atoms with Crippen LogP contribution in [0.4, 0.5) is 17.3 Å². The van der Waals surface area contributed by atoms with E-state index in [1.54, 1.807) is 4.90 Å². The Balaban J connectivity index is 0.935. The quantitative estimate of drug-likeness (QED) is 0.409. The number of aryl methyl sites for hydroxylation is 1. The third-order valence-corrected chi connectivity index (χ3v) is 9.09. The summed E-state index contributed by atoms with van der Waals surface area (Å²) in [5.74, 6) is 1.77. The molecule has 1 amide bonds. The Bertz CT molecular complexity index is 1440. The lowest BCUT2D eigenvalue weighted by Crippen LogP contribution is -2.56. The van der Waals surface area contributed by atoms with Gasteiger partial charge in [0, 0.05) is 69.0 Å². The number of likely N-dealkylation sites (tertiary alicyclic amines) is 1. The van der Waals surface area contributed by atoms with Gasteiger partial charge in [0.05, 0.1) is 19.3 Å². The van der Waals surface area contributed by atoms with Crippen LogP contribution in [0.1, 0.15) is 31.2 Å². The molecule has 226 valence electrons. The van der Waals surface area contributed by atoms with E-state index < -0.39 is 5.60 Å². The number of benzene rings is 2. The normalized spacial score (nSPS) is 20.9. The summed E-state index contributed by atoms with van der Waals surface area (Å²) in [6.45, 7) is 9.17. The van der Waals surface area contributed by atoms with Crippen molar-refractivity contribution in [1.29, 1.82) is 0 Å². The van der Waals surface area contributed by atoms with E-state index in [2.05, 4.69) is 54.3 Å². The summed E-state index contributed by atoms with van der Waals surface area (Å²) in [5, 5.41) is 13.4. The van der Waals surface area contributed by atoms with Gasteiger partial charge in [-0.1, -0.05) is 0 Å². The second-order valence-electron chi connectivity index (χ2n) is 12.1. The van der Waals surface area contributed by atoms with Gasteiger partial charge < -0.3 is 29.7 Å². The van der Waals surface area contributed by atoms with Gasteiger partial charge in [-0.15, -0.1) is 0 Å². The SMILES string of the molecule is Cc1cc(-c2ncnc(Nc3ccc(N4CCN(C5COC5)CC4)cc3)n2)ccc1OC1CCN(C(=O)C2(O)CC2)CC1. The molecular formula is C32H39N7O4. The van der Waals surface area contributed by atoms with Gasteiger partial charge in [0.1, 0.15) is 23.8 Å². The van der Waals surface area contributed by atoms with E-state index in [4.69, 9.17) is 9.47 Å². The van der Waals surface area contributed by atoms with Crippen molar-refractivity contribution in [1.82, 2.24) is 24.8 Å². The van der Waals surface area contributed by atoms with Crippen molar-refractivity contribution in [2.45, 2.75) is 50.4 Å². The molecule has 1 aliphatic carbocycles. The molecule has 11 nitrogen and oxygen atoms in total. The topological polar surface area (TPSA) is 116 Å². The number of nitrogens with zero attached hydrogens (tertiary/aromatic N) is 6. The zero-order valence-electron chi connectivity index (χ0n) is 24.6. The van der Waals surface area contributed by atoms with Crippen molar-refractivity contribution in [3.05, 3.63) is 54.4 Å². The second kappa shape index (κ2) is 11.7. The molecule has 4 aliphatic rings. The highest BCUT2D eigenvalue weighted by atomic mass is 16.5. The minimum absolute atomic E-state index is 0.0360. The standard InChI is InChI=1S/C32H39N7O4/c1-22-18-23(2-7-28(22)43-27-8-12-39(13-9-27)30(40)32(41)10-11-32)29-33-21-34-31(36-29)35-24-3-5-25(6-4-24)37-14-16-38(17-15-37)26-19-42-20-26/h2-7,18,21,26-27,41H,8-17,19-20H2,1H3,(H,33,34,35,36). The summed E-state index contributed by atoms with van der Waals surface area (Å²) in [4.78, 5) is 32.6. The van der Waals surface area contributed by atoms with Crippen LogP contribution in [0.25, 0.3) is 11.4 Å². The number of carbonyl (C=O) groups excluding carboxylic acids is 1. The van der Waals surface area contributed by atoms with Gasteiger partial charge in [0.2, 0.25) is 5.95 Å². The number of ether oxygens (including phenoxy) is 2. The highest BCUT2D eigenvalue weighted by Crippen LogP contribution is 2.37. The fourth-order valence-electron chi connectivity index (χ4n) is 6.06. The van der Waals surface area contributed by atoms with E-state index in [-0.39, 0.29) is 12.0 Å². The van der Waals surface area contributed by atoms with Gasteiger partial charge in [-0.05, 0) is 67.8 Å². The molecule has 3 aromatic rings. The Morgan fingerprint density at radius 3 is 2.40 bits per heavy atom. The summed E-state index contributed by atoms with van der Waals surface area (Å²) >= 11 is 0. The van der Waals surface area contributed by atoms with Gasteiger partial charge >= 0.3 is 0 Å². The molecule has 1 saturated carbocycles. The molecule has 0 radical (unpaired) electrons. The van der Waals surface area contributed by atoms with Crippen LogP contribution in [0.3, 0.4) is 0 Å². The van der Waals surface area contributed by atoms with Crippen molar-refractivity contribution in [3.63, 3.8) is 0 Å². The summed E-state index contributed by atoms with van der Waals surface area (Å²) in [7, 11) is 0. The van der Waals surface area contributed by atoms with Crippen LogP contribution in [0, 0.1) is 6.92 Å². The summed E-state index contributed by atoms with van der Waals surface area (Å²) in [6.07, 6.45) is 4.22. The molecule has 0 spiro atoms. The van der Waals surface area contributed by atoms with E-state index in [1.165, 1.54) is 12.0 Å². The number of carbonyl (C=O) groups is 1. The van der Waals surface area contributed by atoms with Crippen molar-refractivity contribution >= 4 is 23.2 Å². The molecule has 2 aromatic carbocycles. The van der Waals surface area contributed by atoms with E-state index in [1.807, 2.05) is 25.1 Å². The smallest absolute Gasteiger partial charge is 0.254 e. The van der Waals surface area contributed by atoms with E-state index >= 15 is 0 Å². The molecule has 43 heavy (non-hydrogen) atoms. The Labute approximate surface area is 251 Å². The Hall–Kier alpha value is -3.80. The predicted molar refractivity (Wildman–Crippen MR) is 163 cm³/mol. The minimum atomic E-state index is -1.10. The maximum absolute atomic E-state index is 12.4. The summed E-state index contributed by atoms with van der Waals surface area (Å²) in [5.41, 5.74) is 2.92. The molecular weight excluding hydrogens is 546 g/mol. The molecule has 4 fully saturated rings. The number of rotatable bonds is 8. The van der Waals surface area contributed by atoms with Gasteiger partial charge in [0.15, 0.2) is 5.82 Å². The Morgan fingerprint density at radius 2 is 1.74 bits per heavy atom. The maximum Gasteiger partial charge on any atom is 0.254 e. The second-order valence-corrected chi connectivity index (χ2v) is 12.1. The number of hydrogen-bond acceptors (Lipinski definition) is 10. The first kappa shape index (κ1) is 28.0. The molecule has 3 aliphatic heterocycles. The zero-order valence-corrected chi connectivity index (χ0v) is 24.6. The first-order valence-electron chi connectivity index (χ1n) is 15.4. The van der Waals surface area contributed by atoms with Crippen molar-refractivity contribution in [2.75, 3.05) is 62.7 Å². The number of aliphatic hydroxyl groups is 1. The third-order valence-electron chi connectivity index (χ3n) is 9.09. The number of piperazine rings is 1. The highest BCUT2D eigenvalue weighted by Gasteiger charge is 2.50. The summed E-state index contributed by atoms with van der Waals surface area (Å²) < 4.78 is 11.7. The van der Waals surface area contributed by atoms with Crippen LogP contribution in [0.2, 0.25) is 0 Å². The Morgan fingerprint density at radius 1 is 1.00 bits per heavy atom. The largest absolute Gasteiger partial charge is 0.490 e. The van der Waals surface area contributed by atoms with Gasteiger partial charge in [-0.3, -0.25) is 9.69 Å². The molecule has 0 bridgehead atoms. The fourth-order valence-corrected chi connectivity index (χ4v) is 6.06. The molecule has 4 heterocycles. The lowest BCUT2D eigenvalue weighted by Gasteiger charge is -2.43. The third kappa shape index (κ3) is 6.15. The van der Waals surface area contributed by atoms with E-state index in [0.29, 0.717) is 43.7 Å². The van der Waals surface area contributed by atoms with Crippen molar-refractivity contribution in [2.24, 2.45) is 0 Å². The minimum Gasteiger partial charge on any atom is -0.490 e. The summed E-state index contributed by atoms with van der Waals surface area (Å²) in [6, 6.07) is 15.0. The van der Waals surface area contributed by atoms with Gasteiger partial charge in [-0.25, -0.2) is 9.97 Å². The predicted octanol–water partition coefficient (Wildman–Crippen LogP) is 3.01. The van der Waals surface area contributed by atoms with Crippen LogP contribution >= 0.6 is 0 Å². The van der Waals surface area contributed by atoms with E-state index in [0.717, 1.165) is 74.8 Å². The van der Waals surface area contributed by atoms with Crippen LogP contribution in [0.15, 0.2) is 48.8 Å². The first-order valence-corrected chi connectivity index (χ1v) is 15.4. The zero-order chi connectivity index (χ0) is 29.4. The molecule has 2 N–H and O–H groups in total. The molecule has 1 aromatic heterocycles. The first-order chi connectivity index (χ1) is 20.9. The van der Waals surface area contributed by atoms with Crippen molar-refractivity contribution < 1.29 is 19.4 Å². The molecule has 0 atom stereocenters. The number of anilines is 3. The monoisotopic (exact) mass is 585 g/mol. The number of aromatic nitrogens is 3. The van der Waals surface area contributed by atoms with Crippen LogP contribution in [0.5, 0.6) is 5.75 Å². The average Bonchev–Trinajstić information content (AvgIpc) is 3.76. The van der Waals surface area contributed by atoms with Crippen LogP contribution < -0.4 is 15.0 Å². The lowest BCUT2D eigenvalue weighted by molar-refractivity contribution is -0.144. The maximum atomic E-state index is 12.4. The number of hydrogen-bond donors (Lipinski definition) is 2. The molecule has 3 saturated heterocycles. The highest BCUT2D eigenvalue weighted by molar-refractivity contribution is 5.87. The van der Waals surface area contributed by atoms with Crippen LogP contribution in [-0.4, -0.2) is 106 Å². The van der Waals surface area contributed by atoms with Gasteiger partial charge in [0.25, 0.3) is 5.91 Å². The molecule has 11 heteroatoms.